The molecule has 0 radical (unpaired) electrons. The summed E-state index contributed by atoms with van der Waals surface area (Å²) in [5, 5.41) is 38.9. The van der Waals surface area contributed by atoms with Gasteiger partial charge >= 0.3 is 0 Å². The van der Waals surface area contributed by atoms with Gasteiger partial charge in [0.15, 0.2) is 5.88 Å². The first-order valence-electron chi connectivity index (χ1n) is 4.80. The zero-order valence-corrected chi connectivity index (χ0v) is 9.53. The average molecular weight is 272 g/mol. The molecule has 0 spiro atoms. The number of carboxylic acids is 3. The molecule has 9 nitrogen and oxygen atoms in total. The van der Waals surface area contributed by atoms with E-state index in [-0.39, 0.29) is 0 Å². The molecule has 1 aromatic heterocycles. The summed E-state index contributed by atoms with van der Waals surface area (Å²) in [5.41, 5.74) is 2.14. The monoisotopic (exact) mass is 272 g/mol. The number of aliphatic hydroxyl groups is 1. The van der Waals surface area contributed by atoms with Crippen LogP contribution in [0.25, 0.3) is 0 Å². The smallest absolute Gasteiger partial charge is 0.190 e. The molecule has 1 rings (SSSR count). The molecule has 0 aliphatic rings. The predicted molar refractivity (Wildman–Crippen MR) is 52.3 cm³/mol. The number of nitrogens with two attached hydrogens (primary N) is 1. The normalized spacial score (nSPS) is 10.2. The fourth-order valence-corrected chi connectivity index (χ4v) is 0.976. The molecule has 3 N–H and O–H groups in total. The lowest BCUT2D eigenvalue weighted by atomic mass is 9.96. The van der Waals surface area contributed by atoms with Crippen LogP contribution in [0.5, 0.6) is 0 Å². The molecule has 0 aliphatic carbocycles. The molecule has 0 amide bonds. The van der Waals surface area contributed by atoms with Gasteiger partial charge in [-0.1, -0.05) is 0 Å². The molecule has 1 heterocycles. The molecule has 0 unspecified atom stereocenters. The van der Waals surface area contributed by atoms with Crippen LogP contribution >= 0.6 is 0 Å². The highest BCUT2D eigenvalue weighted by molar-refractivity contribution is 5.86. The van der Waals surface area contributed by atoms with Gasteiger partial charge in [-0.25, -0.2) is 0 Å². The molecule has 1 aromatic rings. The van der Waals surface area contributed by atoms with E-state index in [1.165, 1.54) is 6.26 Å². The van der Waals surface area contributed by atoms with Crippen molar-refractivity contribution in [3.8, 4) is 0 Å². The topological polar surface area (TPSA) is 180 Å². The van der Waals surface area contributed by atoms with Crippen LogP contribution in [0.1, 0.15) is 12.8 Å². The Morgan fingerprint density at radius 3 is 1.84 bits per heavy atom. The van der Waals surface area contributed by atoms with Crippen molar-refractivity contribution in [3.05, 3.63) is 18.4 Å². The Hall–Kier alpha value is -2.55. The van der Waals surface area contributed by atoms with E-state index in [9.17, 15) is 29.7 Å². The maximum absolute atomic E-state index is 10.1. The minimum absolute atomic E-state index is 0.468. The van der Waals surface area contributed by atoms with E-state index in [0.717, 1.165) is 0 Å². The molecule has 0 fully saturated rings. The van der Waals surface area contributed by atoms with Crippen LogP contribution in [-0.4, -0.2) is 28.6 Å². The highest BCUT2D eigenvalue weighted by Crippen LogP contribution is 2.13. The van der Waals surface area contributed by atoms with Crippen molar-refractivity contribution in [3.63, 3.8) is 0 Å². The second-order valence-corrected chi connectivity index (χ2v) is 3.43. The van der Waals surface area contributed by atoms with Crippen molar-refractivity contribution in [2.75, 3.05) is 5.73 Å². The van der Waals surface area contributed by atoms with Crippen LogP contribution in [0.2, 0.25) is 0 Å². The maximum atomic E-state index is 10.1. The van der Waals surface area contributed by atoms with Crippen molar-refractivity contribution in [2.45, 2.75) is 18.4 Å². The van der Waals surface area contributed by atoms with Crippen LogP contribution in [0.15, 0.2) is 22.8 Å². The molecule has 0 saturated carbocycles. The fraction of sp³-hybridized carbons (Fsp3) is 0.300. The minimum Gasteiger partial charge on any atom is -0.550 e. The van der Waals surface area contributed by atoms with Gasteiger partial charge < -0.3 is 45.0 Å². The van der Waals surface area contributed by atoms with Crippen LogP contribution in [0.4, 0.5) is 5.88 Å². The largest absolute Gasteiger partial charge is 0.550 e. The standard InChI is InChI=1S/C6H8O7.C4H5NO/c7-3(8)1-6(13,5(11)12)2-4(9)10;5-4-2-1-3-6-4/h13H,1-2H2,(H,7,8)(H,9,10)(H,11,12);1-3H,5H2/p-3. The predicted octanol–water partition coefficient (Wildman–Crippen LogP) is -4.39. The van der Waals surface area contributed by atoms with E-state index in [2.05, 4.69) is 4.42 Å². The van der Waals surface area contributed by atoms with Crippen molar-refractivity contribution in [1.82, 2.24) is 0 Å². The third-order valence-corrected chi connectivity index (χ3v) is 1.80. The van der Waals surface area contributed by atoms with E-state index in [0.29, 0.717) is 5.88 Å². The maximum Gasteiger partial charge on any atom is 0.190 e. The number of hydrogen-bond acceptors (Lipinski definition) is 9. The lowest BCUT2D eigenvalue weighted by Crippen LogP contribution is -2.54. The van der Waals surface area contributed by atoms with E-state index in [1.54, 1.807) is 12.1 Å². The number of carboxylic acid groups (broad SMARTS) is 3. The molecular weight excluding hydrogens is 262 g/mol. The van der Waals surface area contributed by atoms with Crippen LogP contribution in [0, 0.1) is 0 Å². The summed E-state index contributed by atoms with van der Waals surface area (Å²) in [6.45, 7) is 0. The van der Waals surface area contributed by atoms with Gasteiger partial charge in [-0.2, -0.15) is 0 Å². The molecule has 0 aliphatic heterocycles. The first kappa shape index (κ1) is 16.4. The second-order valence-electron chi connectivity index (χ2n) is 3.43. The van der Waals surface area contributed by atoms with Crippen LogP contribution in [-0.2, 0) is 14.4 Å². The molecule has 0 aromatic carbocycles. The van der Waals surface area contributed by atoms with Gasteiger partial charge in [0.2, 0.25) is 0 Å². The zero-order valence-electron chi connectivity index (χ0n) is 9.53. The lowest BCUT2D eigenvalue weighted by molar-refractivity contribution is -0.339. The number of rotatable bonds is 5. The van der Waals surface area contributed by atoms with Gasteiger partial charge in [-0.15, -0.1) is 0 Å². The molecular formula is C10H10NO8-3. The Kier molecular flexibility index (Phi) is 6.07. The number of carbonyl (C=O) groups excluding carboxylic acids is 3. The van der Waals surface area contributed by atoms with Gasteiger partial charge in [-0.05, 0) is 6.07 Å². The Morgan fingerprint density at radius 2 is 1.68 bits per heavy atom. The first-order chi connectivity index (χ1) is 8.67. The Balaban J connectivity index is 0.000000443. The van der Waals surface area contributed by atoms with Crippen LogP contribution < -0.4 is 21.1 Å². The van der Waals surface area contributed by atoms with E-state index in [4.69, 9.17) is 10.8 Å². The first-order valence-corrected chi connectivity index (χ1v) is 4.80. The van der Waals surface area contributed by atoms with Gasteiger partial charge in [0.05, 0.1) is 12.2 Å². The summed E-state index contributed by atoms with van der Waals surface area (Å²) in [6.07, 6.45) is -1.18. The summed E-state index contributed by atoms with van der Waals surface area (Å²) in [7, 11) is 0. The molecule has 9 heteroatoms. The quantitative estimate of drug-likeness (QED) is 0.534. The fourth-order valence-electron chi connectivity index (χ4n) is 0.976. The van der Waals surface area contributed by atoms with Gasteiger partial charge in [-0.3, -0.25) is 0 Å². The van der Waals surface area contributed by atoms with Gasteiger partial charge in [0, 0.05) is 30.8 Å². The van der Waals surface area contributed by atoms with E-state index in [1.807, 2.05) is 0 Å². The Bertz CT molecular complexity index is 422. The minimum atomic E-state index is -2.97. The third-order valence-electron chi connectivity index (χ3n) is 1.80. The molecule has 106 valence electrons. The molecule has 19 heavy (non-hydrogen) atoms. The number of anilines is 1. The SMILES string of the molecule is Nc1ccco1.O=C([O-])CC(O)(CC(=O)[O-])C(=O)[O-]. The van der Waals surface area contributed by atoms with E-state index < -0.39 is 36.4 Å². The van der Waals surface area contributed by atoms with Gasteiger partial charge in [0.25, 0.3) is 0 Å². The summed E-state index contributed by atoms with van der Waals surface area (Å²) >= 11 is 0. The molecule has 0 atom stereocenters. The number of carbonyl (C=O) groups is 3. The number of hydrogen-bond donors (Lipinski definition) is 2. The lowest BCUT2D eigenvalue weighted by Gasteiger charge is -2.29. The summed E-state index contributed by atoms with van der Waals surface area (Å²) < 4.78 is 4.61. The Morgan fingerprint density at radius 1 is 1.21 bits per heavy atom. The zero-order chi connectivity index (χ0) is 15.1. The van der Waals surface area contributed by atoms with Crippen molar-refractivity contribution in [1.29, 1.82) is 0 Å². The number of nitrogen functional groups attached to an aromatic ring is 1. The molecule has 0 saturated heterocycles. The Labute approximate surface area is 106 Å². The molecule has 0 bridgehead atoms. The summed E-state index contributed by atoms with van der Waals surface area (Å²) in [5.74, 6) is -5.52. The third kappa shape index (κ3) is 6.68. The van der Waals surface area contributed by atoms with Gasteiger partial charge in [0.1, 0.15) is 5.60 Å². The van der Waals surface area contributed by atoms with E-state index >= 15 is 0 Å². The van der Waals surface area contributed by atoms with Crippen LogP contribution in [0.3, 0.4) is 0 Å². The highest BCUT2D eigenvalue weighted by atomic mass is 16.4. The number of aliphatic carboxylic acids is 3. The average Bonchev–Trinajstić information content (AvgIpc) is 2.67. The van der Waals surface area contributed by atoms with Crippen molar-refractivity contribution >= 4 is 23.8 Å². The van der Waals surface area contributed by atoms with Crippen molar-refractivity contribution in [2.24, 2.45) is 0 Å². The van der Waals surface area contributed by atoms with Crippen molar-refractivity contribution < 1.29 is 39.2 Å². The second kappa shape index (κ2) is 7.01. The summed E-state index contributed by atoms with van der Waals surface area (Å²) in [4.78, 5) is 30.0. The summed E-state index contributed by atoms with van der Waals surface area (Å²) in [6, 6.07) is 3.44. The number of furan rings is 1. The highest BCUT2D eigenvalue weighted by Gasteiger charge is 2.29.